The first-order valence-corrected chi connectivity index (χ1v) is 5.71. The molecule has 1 aromatic rings. The van der Waals surface area contributed by atoms with Crippen molar-refractivity contribution in [3.8, 4) is 5.75 Å². The lowest BCUT2D eigenvalue weighted by molar-refractivity contribution is 0.412. The molecule has 13 heavy (non-hydrogen) atoms. The van der Waals surface area contributed by atoms with Gasteiger partial charge in [-0.25, -0.2) is 0 Å². The second-order valence-corrected chi connectivity index (χ2v) is 4.77. The van der Waals surface area contributed by atoms with Crippen molar-refractivity contribution >= 4 is 33.4 Å². The zero-order valence-corrected chi connectivity index (χ0v) is 9.91. The molecule has 0 saturated carbocycles. The molecule has 4 heteroatoms. The molecule has 0 atom stereocenters. The minimum Gasteiger partial charge on any atom is -0.495 e. The highest BCUT2D eigenvalue weighted by Gasteiger charge is 2.18. The van der Waals surface area contributed by atoms with Crippen LogP contribution in [0.25, 0.3) is 0 Å². The highest BCUT2D eigenvalue weighted by molar-refractivity contribution is 9.10. The van der Waals surface area contributed by atoms with E-state index in [1.165, 1.54) is 10.6 Å². The molecule has 1 aromatic carbocycles. The second kappa shape index (κ2) is 3.42. The predicted molar refractivity (Wildman–Crippen MR) is 59.8 cm³/mol. The van der Waals surface area contributed by atoms with Crippen molar-refractivity contribution < 1.29 is 4.74 Å². The fourth-order valence-corrected chi connectivity index (χ4v) is 3.02. The predicted octanol–water partition coefficient (Wildman–Crippen LogP) is 2.96. The Morgan fingerprint density at radius 3 is 3.00 bits per heavy atom. The van der Waals surface area contributed by atoms with E-state index < -0.39 is 0 Å². The van der Waals surface area contributed by atoms with Gasteiger partial charge < -0.3 is 9.64 Å². The normalized spacial score (nSPS) is 14.5. The lowest BCUT2D eigenvalue weighted by atomic mass is 10.3. The summed E-state index contributed by atoms with van der Waals surface area (Å²) in [6, 6.07) is 4.18. The number of methoxy groups -OCH3 is 1. The van der Waals surface area contributed by atoms with Crippen molar-refractivity contribution in [2.45, 2.75) is 4.90 Å². The van der Waals surface area contributed by atoms with Gasteiger partial charge in [0.2, 0.25) is 0 Å². The van der Waals surface area contributed by atoms with E-state index in [1.54, 1.807) is 7.11 Å². The first-order chi connectivity index (χ1) is 6.22. The molecule has 0 aromatic heterocycles. The summed E-state index contributed by atoms with van der Waals surface area (Å²) in [7, 11) is 3.78. The summed E-state index contributed by atoms with van der Waals surface area (Å²) in [5, 5.41) is 0. The number of hydrogen-bond donors (Lipinski definition) is 0. The molecule has 0 unspecified atom stereocenters. The average Bonchev–Trinajstić information content (AvgIpc) is 2.46. The summed E-state index contributed by atoms with van der Waals surface area (Å²) in [5.74, 6) is 1.92. The highest BCUT2D eigenvalue weighted by Crippen LogP contribution is 2.42. The van der Waals surface area contributed by atoms with Crippen LogP contribution in [0, 0.1) is 0 Å². The maximum absolute atomic E-state index is 5.24. The number of halogens is 1. The van der Waals surface area contributed by atoms with Crippen molar-refractivity contribution in [2.75, 3.05) is 24.9 Å². The quantitative estimate of drug-likeness (QED) is 0.770. The first-order valence-electron chi connectivity index (χ1n) is 3.94. The number of rotatable bonds is 1. The van der Waals surface area contributed by atoms with Crippen LogP contribution < -0.4 is 9.64 Å². The Kier molecular flexibility index (Phi) is 2.43. The molecule has 0 amide bonds. The Morgan fingerprint density at radius 2 is 2.31 bits per heavy atom. The largest absolute Gasteiger partial charge is 0.495 e. The fourth-order valence-electron chi connectivity index (χ4n) is 1.33. The first kappa shape index (κ1) is 9.21. The van der Waals surface area contributed by atoms with Crippen LogP contribution in [0.5, 0.6) is 5.75 Å². The minimum atomic E-state index is 0.896. The van der Waals surface area contributed by atoms with E-state index in [0.29, 0.717) is 0 Å². The average molecular weight is 260 g/mol. The van der Waals surface area contributed by atoms with E-state index >= 15 is 0 Å². The molecule has 0 bridgehead atoms. The number of ether oxygens (including phenoxy) is 1. The van der Waals surface area contributed by atoms with Gasteiger partial charge in [0.15, 0.2) is 0 Å². The van der Waals surface area contributed by atoms with E-state index in [4.69, 9.17) is 4.74 Å². The van der Waals surface area contributed by atoms with Crippen LogP contribution in [-0.4, -0.2) is 20.0 Å². The zero-order valence-electron chi connectivity index (χ0n) is 7.50. The van der Waals surface area contributed by atoms with E-state index in [0.717, 1.165) is 16.1 Å². The number of anilines is 1. The van der Waals surface area contributed by atoms with Crippen molar-refractivity contribution in [1.29, 1.82) is 0 Å². The Morgan fingerprint density at radius 1 is 1.54 bits per heavy atom. The molecule has 70 valence electrons. The third-order valence-electron chi connectivity index (χ3n) is 2.06. The molecular weight excluding hydrogens is 250 g/mol. The Balaban J connectivity index is 2.51. The topological polar surface area (TPSA) is 12.5 Å². The van der Waals surface area contributed by atoms with Crippen LogP contribution in [0.1, 0.15) is 0 Å². The van der Waals surface area contributed by atoms with Gasteiger partial charge in [-0.1, -0.05) is 0 Å². The van der Waals surface area contributed by atoms with Crippen molar-refractivity contribution in [3.05, 3.63) is 16.6 Å². The van der Waals surface area contributed by atoms with Crippen LogP contribution in [0.15, 0.2) is 21.5 Å². The Labute approximate surface area is 90.4 Å². The SMILES string of the molecule is COc1cc2c(cc1Br)SCN2C. The zero-order chi connectivity index (χ0) is 9.42. The van der Waals surface area contributed by atoms with Gasteiger partial charge in [-0.2, -0.15) is 0 Å². The Bertz CT molecular complexity index is 343. The summed E-state index contributed by atoms with van der Waals surface area (Å²) in [5.41, 5.74) is 1.25. The molecule has 2 rings (SSSR count). The van der Waals surface area contributed by atoms with Crippen LogP contribution in [0.2, 0.25) is 0 Å². The maximum Gasteiger partial charge on any atom is 0.135 e. The van der Waals surface area contributed by atoms with Gasteiger partial charge in [-0.05, 0) is 22.0 Å². The van der Waals surface area contributed by atoms with E-state index in [-0.39, 0.29) is 0 Å². The molecule has 1 aliphatic rings. The number of benzene rings is 1. The maximum atomic E-state index is 5.24. The van der Waals surface area contributed by atoms with Gasteiger partial charge >= 0.3 is 0 Å². The van der Waals surface area contributed by atoms with E-state index in [9.17, 15) is 0 Å². The molecule has 0 fully saturated rings. The molecule has 0 saturated heterocycles. The number of thioether (sulfide) groups is 1. The molecule has 0 radical (unpaired) electrons. The molecule has 0 aliphatic carbocycles. The summed E-state index contributed by atoms with van der Waals surface area (Å²) >= 11 is 5.32. The van der Waals surface area contributed by atoms with Gasteiger partial charge in [0, 0.05) is 18.0 Å². The summed E-state index contributed by atoms with van der Waals surface area (Å²) in [6.07, 6.45) is 0. The summed E-state index contributed by atoms with van der Waals surface area (Å²) in [6.45, 7) is 0. The third-order valence-corrected chi connectivity index (χ3v) is 3.83. The van der Waals surface area contributed by atoms with Crippen molar-refractivity contribution in [2.24, 2.45) is 0 Å². The number of hydrogen-bond acceptors (Lipinski definition) is 3. The van der Waals surface area contributed by atoms with Gasteiger partial charge in [0.05, 0.1) is 23.1 Å². The number of fused-ring (bicyclic) bond motifs is 1. The molecule has 2 nitrogen and oxygen atoms in total. The van der Waals surface area contributed by atoms with Crippen molar-refractivity contribution in [3.63, 3.8) is 0 Å². The summed E-state index contributed by atoms with van der Waals surface area (Å²) < 4.78 is 6.26. The standard InChI is InChI=1S/C9H10BrNOS/c1-11-5-13-9-3-6(10)8(12-2)4-7(9)11/h3-4H,5H2,1-2H3. The molecular formula is C9H10BrNOS. The Hall–Kier alpha value is -0.350. The molecule has 0 spiro atoms. The molecule has 1 aliphatic heterocycles. The molecule has 0 N–H and O–H groups in total. The fraction of sp³-hybridized carbons (Fsp3) is 0.333. The summed E-state index contributed by atoms with van der Waals surface area (Å²) in [4.78, 5) is 3.53. The highest BCUT2D eigenvalue weighted by atomic mass is 79.9. The minimum absolute atomic E-state index is 0.896. The number of nitrogens with zero attached hydrogens (tertiary/aromatic N) is 1. The molecule has 1 heterocycles. The van der Waals surface area contributed by atoms with E-state index in [2.05, 4.69) is 40.0 Å². The lowest BCUT2D eigenvalue weighted by Gasteiger charge is -2.12. The van der Waals surface area contributed by atoms with E-state index in [1.807, 2.05) is 11.8 Å². The second-order valence-electron chi connectivity index (χ2n) is 2.93. The van der Waals surface area contributed by atoms with Gasteiger partial charge in [-0.15, -0.1) is 11.8 Å². The van der Waals surface area contributed by atoms with Crippen LogP contribution >= 0.6 is 27.7 Å². The van der Waals surface area contributed by atoms with Crippen molar-refractivity contribution in [1.82, 2.24) is 0 Å². The lowest BCUT2D eigenvalue weighted by Crippen LogP contribution is -2.10. The van der Waals surface area contributed by atoms with Crippen LogP contribution in [-0.2, 0) is 0 Å². The smallest absolute Gasteiger partial charge is 0.135 e. The monoisotopic (exact) mass is 259 g/mol. The van der Waals surface area contributed by atoms with Gasteiger partial charge in [0.1, 0.15) is 5.75 Å². The third kappa shape index (κ3) is 1.53. The van der Waals surface area contributed by atoms with Gasteiger partial charge in [0.25, 0.3) is 0 Å². The van der Waals surface area contributed by atoms with Crippen LogP contribution in [0.3, 0.4) is 0 Å². The van der Waals surface area contributed by atoms with Gasteiger partial charge in [-0.3, -0.25) is 0 Å². The van der Waals surface area contributed by atoms with Crippen LogP contribution in [0.4, 0.5) is 5.69 Å².